The predicted molar refractivity (Wildman–Crippen MR) is 102 cm³/mol. The lowest BCUT2D eigenvalue weighted by molar-refractivity contribution is 0.175. The van der Waals surface area contributed by atoms with E-state index in [1.807, 2.05) is 46.1 Å². The van der Waals surface area contributed by atoms with Gasteiger partial charge < -0.3 is 10.2 Å². The normalized spacial score (nSPS) is 15.3. The third-order valence-corrected chi connectivity index (χ3v) is 5.00. The molecular weight excluding hydrogens is 326 g/mol. The lowest BCUT2D eigenvalue weighted by Gasteiger charge is -2.32. The molecule has 1 aromatic carbocycles. The van der Waals surface area contributed by atoms with Crippen molar-refractivity contribution >= 4 is 22.6 Å². The van der Waals surface area contributed by atoms with Gasteiger partial charge >= 0.3 is 6.03 Å². The van der Waals surface area contributed by atoms with Crippen LogP contribution in [0, 0.1) is 12.8 Å². The highest BCUT2D eigenvalue weighted by Crippen LogP contribution is 2.23. The van der Waals surface area contributed by atoms with Crippen molar-refractivity contribution in [3.63, 3.8) is 0 Å². The summed E-state index contributed by atoms with van der Waals surface area (Å²) >= 11 is 0. The third kappa shape index (κ3) is 3.54. The minimum atomic E-state index is -0.0327. The van der Waals surface area contributed by atoms with Gasteiger partial charge in [-0.1, -0.05) is 6.07 Å². The number of anilines is 1. The number of fused-ring (bicyclic) bond motifs is 1. The number of nitrogens with one attached hydrogen (secondary N) is 1. The summed E-state index contributed by atoms with van der Waals surface area (Å²) in [6.45, 7) is 4.54. The van der Waals surface area contributed by atoms with Crippen molar-refractivity contribution < 1.29 is 4.79 Å². The van der Waals surface area contributed by atoms with E-state index in [-0.39, 0.29) is 6.03 Å². The minimum absolute atomic E-state index is 0.0327. The van der Waals surface area contributed by atoms with Crippen LogP contribution in [-0.4, -0.2) is 38.8 Å². The smallest absolute Gasteiger partial charge is 0.321 e. The molecule has 1 aliphatic rings. The summed E-state index contributed by atoms with van der Waals surface area (Å²) in [5.74, 6) is 0.570. The van der Waals surface area contributed by atoms with Crippen LogP contribution in [0.1, 0.15) is 18.4 Å². The maximum Gasteiger partial charge on any atom is 0.321 e. The van der Waals surface area contributed by atoms with E-state index in [2.05, 4.69) is 28.5 Å². The highest BCUT2D eigenvalue weighted by atomic mass is 16.2. The highest BCUT2D eigenvalue weighted by Gasteiger charge is 2.23. The maximum absolute atomic E-state index is 12.7. The Morgan fingerprint density at radius 2 is 2.08 bits per heavy atom. The van der Waals surface area contributed by atoms with Crippen molar-refractivity contribution in [2.45, 2.75) is 26.3 Å². The number of likely N-dealkylation sites (tertiary alicyclic amines) is 1. The van der Waals surface area contributed by atoms with Gasteiger partial charge in [-0.3, -0.25) is 9.67 Å². The van der Waals surface area contributed by atoms with Crippen molar-refractivity contribution in [2.75, 3.05) is 18.4 Å². The monoisotopic (exact) mass is 349 g/mol. The molecule has 134 valence electrons. The summed E-state index contributed by atoms with van der Waals surface area (Å²) in [6, 6.07) is 9.64. The zero-order chi connectivity index (χ0) is 17.9. The number of aromatic nitrogens is 3. The van der Waals surface area contributed by atoms with E-state index in [4.69, 9.17) is 0 Å². The number of nitrogens with zero attached hydrogens (tertiary/aromatic N) is 4. The standard InChI is InChI=1S/C20H23N5O/c1-15-12-22-25(13-15)14-16-7-10-24(11-8-16)20(26)23-19-6-2-5-18-17(19)4-3-9-21-18/h2-6,9,12-13,16H,7-8,10-11,14H2,1H3,(H,23,26). The number of hydrogen-bond acceptors (Lipinski definition) is 3. The first-order valence-electron chi connectivity index (χ1n) is 9.08. The molecule has 2 aromatic heterocycles. The summed E-state index contributed by atoms with van der Waals surface area (Å²) < 4.78 is 2.01. The lowest BCUT2D eigenvalue weighted by atomic mass is 9.97. The Labute approximate surface area is 152 Å². The van der Waals surface area contributed by atoms with Crippen LogP contribution in [0.25, 0.3) is 10.9 Å². The van der Waals surface area contributed by atoms with E-state index in [1.54, 1.807) is 6.20 Å². The molecule has 0 unspecified atom stereocenters. The summed E-state index contributed by atoms with van der Waals surface area (Å²) in [4.78, 5) is 18.9. The minimum Gasteiger partial charge on any atom is -0.325 e. The van der Waals surface area contributed by atoms with Crippen molar-refractivity contribution in [3.8, 4) is 0 Å². The van der Waals surface area contributed by atoms with E-state index >= 15 is 0 Å². The van der Waals surface area contributed by atoms with Crippen LogP contribution in [0.2, 0.25) is 0 Å². The van der Waals surface area contributed by atoms with Crippen LogP contribution in [0.15, 0.2) is 48.9 Å². The summed E-state index contributed by atoms with van der Waals surface area (Å²) in [5, 5.41) is 8.38. The molecule has 0 atom stereocenters. The second-order valence-electron chi connectivity index (χ2n) is 6.98. The number of amides is 2. The molecule has 0 radical (unpaired) electrons. The number of carbonyl (C=O) groups is 1. The quantitative estimate of drug-likeness (QED) is 0.784. The summed E-state index contributed by atoms with van der Waals surface area (Å²) in [7, 11) is 0. The molecule has 1 aliphatic heterocycles. The van der Waals surface area contributed by atoms with Crippen LogP contribution >= 0.6 is 0 Å². The first kappa shape index (κ1) is 16.6. The fraction of sp³-hybridized carbons (Fsp3) is 0.350. The van der Waals surface area contributed by atoms with Crippen molar-refractivity contribution in [1.82, 2.24) is 19.7 Å². The van der Waals surface area contributed by atoms with Gasteiger partial charge in [0.1, 0.15) is 0 Å². The summed E-state index contributed by atoms with van der Waals surface area (Å²) in [5.41, 5.74) is 2.89. The van der Waals surface area contributed by atoms with Gasteiger partial charge in [0.05, 0.1) is 17.4 Å². The van der Waals surface area contributed by atoms with Crippen LogP contribution in [-0.2, 0) is 6.54 Å². The predicted octanol–water partition coefficient (Wildman–Crippen LogP) is 3.68. The Kier molecular flexibility index (Phi) is 4.56. The molecule has 0 aliphatic carbocycles. The average Bonchev–Trinajstić information content (AvgIpc) is 3.07. The number of piperidine rings is 1. The van der Waals surface area contributed by atoms with E-state index in [9.17, 15) is 4.79 Å². The Bertz CT molecular complexity index is 906. The topological polar surface area (TPSA) is 63.1 Å². The SMILES string of the molecule is Cc1cnn(CC2CCN(C(=O)Nc3cccc4ncccc34)CC2)c1. The molecule has 6 nitrogen and oxygen atoms in total. The molecule has 3 aromatic rings. The highest BCUT2D eigenvalue weighted by molar-refractivity contribution is 6.00. The maximum atomic E-state index is 12.7. The molecule has 1 fully saturated rings. The van der Waals surface area contributed by atoms with Gasteiger partial charge in [0.15, 0.2) is 0 Å². The molecule has 4 rings (SSSR count). The molecule has 6 heteroatoms. The Hall–Kier alpha value is -2.89. The Balaban J connectivity index is 1.36. The van der Waals surface area contributed by atoms with Crippen LogP contribution in [0.5, 0.6) is 0 Å². The lowest BCUT2D eigenvalue weighted by Crippen LogP contribution is -2.41. The van der Waals surface area contributed by atoms with E-state index in [0.717, 1.165) is 49.1 Å². The second-order valence-corrected chi connectivity index (χ2v) is 6.98. The number of pyridine rings is 1. The van der Waals surface area contributed by atoms with Gasteiger partial charge in [-0.25, -0.2) is 4.79 Å². The Morgan fingerprint density at radius 3 is 2.85 bits per heavy atom. The molecule has 2 amide bonds. The van der Waals surface area contributed by atoms with Gasteiger partial charge in [-0.2, -0.15) is 5.10 Å². The number of urea groups is 1. The van der Waals surface area contributed by atoms with Crippen molar-refractivity contribution in [3.05, 3.63) is 54.5 Å². The van der Waals surface area contributed by atoms with Crippen molar-refractivity contribution in [2.24, 2.45) is 5.92 Å². The zero-order valence-corrected chi connectivity index (χ0v) is 14.9. The van der Waals surface area contributed by atoms with Gasteiger partial charge in [-0.05, 0) is 55.5 Å². The average molecular weight is 349 g/mol. The molecule has 26 heavy (non-hydrogen) atoms. The Morgan fingerprint density at radius 1 is 1.23 bits per heavy atom. The van der Waals surface area contributed by atoms with Crippen LogP contribution < -0.4 is 5.32 Å². The molecular formula is C20H23N5O. The number of aryl methyl sites for hydroxylation is 1. The first-order chi connectivity index (χ1) is 12.7. The van der Waals surface area contributed by atoms with E-state index < -0.39 is 0 Å². The second kappa shape index (κ2) is 7.15. The zero-order valence-electron chi connectivity index (χ0n) is 14.9. The molecule has 0 spiro atoms. The summed E-state index contributed by atoms with van der Waals surface area (Å²) in [6.07, 6.45) is 7.74. The largest absolute Gasteiger partial charge is 0.325 e. The number of hydrogen-bond donors (Lipinski definition) is 1. The molecule has 1 N–H and O–H groups in total. The van der Waals surface area contributed by atoms with Crippen molar-refractivity contribution in [1.29, 1.82) is 0 Å². The van der Waals surface area contributed by atoms with Gasteiger partial charge in [0, 0.05) is 37.4 Å². The van der Waals surface area contributed by atoms with Crippen LogP contribution in [0.3, 0.4) is 0 Å². The van der Waals surface area contributed by atoms with Gasteiger partial charge in [0.2, 0.25) is 0 Å². The fourth-order valence-electron chi connectivity index (χ4n) is 3.56. The molecule has 1 saturated heterocycles. The first-order valence-corrected chi connectivity index (χ1v) is 9.08. The fourth-order valence-corrected chi connectivity index (χ4v) is 3.56. The third-order valence-electron chi connectivity index (χ3n) is 5.00. The molecule has 0 saturated carbocycles. The number of carbonyl (C=O) groups excluding carboxylic acids is 1. The van der Waals surface area contributed by atoms with E-state index in [1.165, 1.54) is 5.56 Å². The van der Waals surface area contributed by atoms with Gasteiger partial charge in [-0.15, -0.1) is 0 Å². The van der Waals surface area contributed by atoms with Crippen LogP contribution in [0.4, 0.5) is 10.5 Å². The van der Waals surface area contributed by atoms with E-state index in [0.29, 0.717) is 5.92 Å². The number of benzene rings is 1. The van der Waals surface area contributed by atoms with Gasteiger partial charge in [0.25, 0.3) is 0 Å². The molecule has 0 bridgehead atoms. The molecule has 3 heterocycles. The number of rotatable bonds is 3.